The second-order valence-corrected chi connectivity index (χ2v) is 10.3. The molecular formula is C30H33N3O4. The summed E-state index contributed by atoms with van der Waals surface area (Å²) < 4.78 is 7.65. The van der Waals surface area contributed by atoms with Crippen molar-refractivity contribution in [3.05, 3.63) is 92.9 Å². The Balaban J connectivity index is 1.40. The Labute approximate surface area is 217 Å². The van der Waals surface area contributed by atoms with E-state index in [1.807, 2.05) is 62.4 Å². The van der Waals surface area contributed by atoms with Crippen molar-refractivity contribution < 1.29 is 14.3 Å². The zero-order chi connectivity index (χ0) is 26.2. The van der Waals surface area contributed by atoms with Crippen LogP contribution in [0.1, 0.15) is 45.6 Å². The van der Waals surface area contributed by atoms with Gasteiger partial charge in [0.25, 0.3) is 11.5 Å². The molecular weight excluding hydrogens is 466 g/mol. The minimum absolute atomic E-state index is 0.0171. The van der Waals surface area contributed by atoms with Crippen molar-refractivity contribution in [3.63, 3.8) is 0 Å². The maximum atomic E-state index is 13.6. The van der Waals surface area contributed by atoms with E-state index in [1.54, 1.807) is 18.0 Å². The summed E-state index contributed by atoms with van der Waals surface area (Å²) in [5.74, 6) is 1.27. The number of benzene rings is 2. The number of carbonyl (C=O) groups excluding carboxylic acids is 2. The molecule has 1 N–H and O–H groups in total. The standard InChI is InChI=1S/C30H33N3O4/c1-20-16-26(27(34)32(3)21(20)2)28(35)33-14-11-30(12-15-33)19-23-7-5-9-25(18-23)37-24-8-4-6-22(17-24)10-13-31-29(30)36/h4-9,16-18H,10-15,19H2,1-3H3,(H,31,36). The molecule has 7 nitrogen and oxygen atoms in total. The van der Waals surface area contributed by atoms with Crippen molar-refractivity contribution in [1.82, 2.24) is 14.8 Å². The Morgan fingerprint density at radius 2 is 1.59 bits per heavy atom. The summed E-state index contributed by atoms with van der Waals surface area (Å²) in [4.78, 5) is 41.5. The molecule has 0 atom stereocenters. The van der Waals surface area contributed by atoms with Crippen LogP contribution in [0.2, 0.25) is 0 Å². The Morgan fingerprint density at radius 3 is 2.30 bits per heavy atom. The van der Waals surface area contributed by atoms with Gasteiger partial charge < -0.3 is 19.5 Å². The number of piperidine rings is 1. The Hall–Kier alpha value is -3.87. The molecule has 0 saturated carbocycles. The van der Waals surface area contributed by atoms with Crippen LogP contribution in [-0.2, 0) is 24.7 Å². The fourth-order valence-corrected chi connectivity index (χ4v) is 5.44. The second-order valence-electron chi connectivity index (χ2n) is 10.3. The quantitative estimate of drug-likeness (QED) is 0.550. The number of nitrogens with zero attached hydrogens (tertiary/aromatic N) is 2. The molecule has 5 rings (SSSR count). The molecule has 2 aliphatic rings. The van der Waals surface area contributed by atoms with Crippen LogP contribution in [0.15, 0.2) is 59.4 Å². The molecule has 1 aromatic heterocycles. The van der Waals surface area contributed by atoms with Crippen molar-refractivity contribution in [2.75, 3.05) is 19.6 Å². The molecule has 37 heavy (non-hydrogen) atoms. The van der Waals surface area contributed by atoms with Crippen LogP contribution in [0.4, 0.5) is 0 Å². The predicted molar refractivity (Wildman–Crippen MR) is 142 cm³/mol. The van der Waals surface area contributed by atoms with Crippen molar-refractivity contribution >= 4 is 11.8 Å². The molecule has 1 spiro atoms. The summed E-state index contributed by atoms with van der Waals surface area (Å²) in [5, 5.41) is 3.17. The number of aryl methyl sites for hydroxylation is 1. The molecule has 1 fully saturated rings. The summed E-state index contributed by atoms with van der Waals surface area (Å²) in [7, 11) is 1.69. The van der Waals surface area contributed by atoms with Crippen molar-refractivity contribution in [3.8, 4) is 11.5 Å². The van der Waals surface area contributed by atoms with Crippen molar-refractivity contribution in [2.45, 2.75) is 39.5 Å². The van der Waals surface area contributed by atoms with E-state index in [0.29, 0.717) is 45.3 Å². The molecule has 2 amide bonds. The molecule has 2 aliphatic heterocycles. The number of pyridine rings is 1. The number of carbonyl (C=O) groups is 2. The van der Waals surface area contributed by atoms with Crippen LogP contribution < -0.4 is 15.6 Å². The minimum atomic E-state index is -0.643. The number of likely N-dealkylation sites (tertiary alicyclic amines) is 1. The van der Waals surface area contributed by atoms with Gasteiger partial charge in [-0.1, -0.05) is 24.3 Å². The largest absolute Gasteiger partial charge is 0.457 e. The first-order valence-electron chi connectivity index (χ1n) is 12.9. The molecule has 0 unspecified atom stereocenters. The topological polar surface area (TPSA) is 80.6 Å². The highest BCUT2D eigenvalue weighted by atomic mass is 16.5. The average Bonchev–Trinajstić information content (AvgIpc) is 2.90. The van der Waals surface area contributed by atoms with Gasteiger partial charge in [-0.2, -0.15) is 0 Å². The molecule has 0 radical (unpaired) electrons. The highest BCUT2D eigenvalue weighted by Gasteiger charge is 2.42. The Morgan fingerprint density at radius 1 is 0.946 bits per heavy atom. The van der Waals surface area contributed by atoms with Gasteiger partial charge in [0, 0.05) is 32.4 Å². The van der Waals surface area contributed by atoms with Gasteiger partial charge in [-0.05, 0) is 86.6 Å². The zero-order valence-electron chi connectivity index (χ0n) is 21.7. The number of ether oxygens (including phenoxy) is 1. The number of hydrogen-bond acceptors (Lipinski definition) is 4. The van der Waals surface area contributed by atoms with Crippen LogP contribution >= 0.6 is 0 Å². The van der Waals surface area contributed by atoms with Gasteiger partial charge in [0.15, 0.2) is 0 Å². The van der Waals surface area contributed by atoms with Gasteiger partial charge in [-0.25, -0.2) is 0 Å². The van der Waals surface area contributed by atoms with Crippen LogP contribution in [0.25, 0.3) is 0 Å². The van der Waals surface area contributed by atoms with Gasteiger partial charge in [0.05, 0.1) is 5.41 Å². The fraction of sp³-hybridized carbons (Fsp3) is 0.367. The number of nitrogens with one attached hydrogen (secondary N) is 1. The molecule has 3 heterocycles. The maximum absolute atomic E-state index is 13.6. The molecule has 4 bridgehead atoms. The van der Waals surface area contributed by atoms with Gasteiger partial charge in [0.2, 0.25) is 5.91 Å². The van der Waals surface area contributed by atoms with Gasteiger partial charge in [0.1, 0.15) is 17.1 Å². The first-order valence-corrected chi connectivity index (χ1v) is 12.9. The number of aromatic nitrogens is 1. The van der Waals surface area contributed by atoms with E-state index in [0.717, 1.165) is 33.9 Å². The molecule has 2 aromatic carbocycles. The highest BCUT2D eigenvalue weighted by Crippen LogP contribution is 2.37. The monoisotopic (exact) mass is 499 g/mol. The van der Waals surface area contributed by atoms with Gasteiger partial charge in [-0.15, -0.1) is 0 Å². The highest BCUT2D eigenvalue weighted by molar-refractivity contribution is 5.94. The third-order valence-corrected chi connectivity index (χ3v) is 7.96. The second kappa shape index (κ2) is 9.88. The van der Waals surface area contributed by atoms with E-state index in [4.69, 9.17) is 4.74 Å². The Kier molecular flexibility index (Phi) is 6.63. The van der Waals surface area contributed by atoms with Gasteiger partial charge in [-0.3, -0.25) is 14.4 Å². The maximum Gasteiger partial charge on any atom is 0.263 e. The first-order chi connectivity index (χ1) is 17.8. The van der Waals surface area contributed by atoms with Crippen LogP contribution in [0.5, 0.6) is 11.5 Å². The van der Waals surface area contributed by atoms with E-state index >= 15 is 0 Å². The third kappa shape index (κ3) is 4.90. The molecule has 192 valence electrons. The van der Waals surface area contributed by atoms with E-state index < -0.39 is 5.41 Å². The van der Waals surface area contributed by atoms with E-state index in [9.17, 15) is 14.4 Å². The van der Waals surface area contributed by atoms with Crippen LogP contribution in [0.3, 0.4) is 0 Å². The van der Waals surface area contributed by atoms with Gasteiger partial charge >= 0.3 is 0 Å². The number of hydrogen-bond donors (Lipinski definition) is 1. The molecule has 0 aliphatic carbocycles. The summed E-state index contributed by atoms with van der Waals surface area (Å²) in [6.45, 7) is 5.14. The predicted octanol–water partition coefficient (Wildman–Crippen LogP) is 3.93. The van der Waals surface area contributed by atoms with Crippen LogP contribution in [-0.4, -0.2) is 40.9 Å². The van der Waals surface area contributed by atoms with Crippen molar-refractivity contribution in [1.29, 1.82) is 0 Å². The summed E-state index contributed by atoms with van der Waals surface area (Å²) in [6.07, 6.45) is 2.31. The first kappa shape index (κ1) is 24.8. The summed E-state index contributed by atoms with van der Waals surface area (Å²) in [5.41, 5.74) is 3.12. The van der Waals surface area contributed by atoms with Crippen molar-refractivity contribution in [2.24, 2.45) is 12.5 Å². The van der Waals surface area contributed by atoms with E-state index in [-0.39, 0.29) is 22.9 Å². The normalized spacial score (nSPS) is 17.2. The summed E-state index contributed by atoms with van der Waals surface area (Å²) in [6, 6.07) is 17.5. The lowest BCUT2D eigenvalue weighted by Crippen LogP contribution is -2.52. The van der Waals surface area contributed by atoms with E-state index in [1.165, 1.54) is 4.57 Å². The average molecular weight is 500 g/mol. The minimum Gasteiger partial charge on any atom is -0.457 e. The molecule has 1 saturated heterocycles. The fourth-order valence-electron chi connectivity index (χ4n) is 5.44. The third-order valence-electron chi connectivity index (χ3n) is 7.96. The number of amides is 2. The lowest BCUT2D eigenvalue weighted by molar-refractivity contribution is -0.133. The molecule has 7 heteroatoms. The number of fused-ring (bicyclic) bond motifs is 4. The Bertz CT molecular complexity index is 1420. The summed E-state index contributed by atoms with van der Waals surface area (Å²) >= 11 is 0. The smallest absolute Gasteiger partial charge is 0.263 e. The van der Waals surface area contributed by atoms with E-state index in [2.05, 4.69) is 5.32 Å². The zero-order valence-corrected chi connectivity index (χ0v) is 21.7. The lowest BCUT2D eigenvalue weighted by atomic mass is 9.72. The number of rotatable bonds is 1. The van der Waals surface area contributed by atoms with Crippen LogP contribution in [0, 0.1) is 19.3 Å². The lowest BCUT2D eigenvalue weighted by Gasteiger charge is -2.41. The SMILES string of the molecule is Cc1cc(C(=O)N2CCC3(CC2)Cc2cccc(c2)Oc2cccc(c2)CCNC3=O)c(=O)n(C)c1C. The molecule has 3 aromatic rings.